The molecule has 5 atom stereocenters. The molecule has 2 heterocycles. The monoisotopic (exact) mass is 348 g/mol. The summed E-state index contributed by atoms with van der Waals surface area (Å²) in [6.07, 6.45) is 0. The number of carbonyl (C=O) groups is 3. The molecule has 0 aromatic rings. The Balaban J connectivity index is 2.06. The average Bonchev–Trinajstić information content (AvgIpc) is 3.15. The molecule has 1 saturated carbocycles. The van der Waals surface area contributed by atoms with Gasteiger partial charge in [-0.3, -0.25) is 14.4 Å². The van der Waals surface area contributed by atoms with Gasteiger partial charge in [0.15, 0.2) is 17.1 Å². The fraction of sp³-hybridized carbons (Fsp3) is 0.588. The molecular formula is C17H16O8. The minimum atomic E-state index is -2.36. The van der Waals surface area contributed by atoms with Crippen LogP contribution in [0.2, 0.25) is 0 Å². The van der Waals surface area contributed by atoms with E-state index in [1.807, 2.05) is 0 Å². The lowest BCUT2D eigenvalue weighted by Crippen LogP contribution is -2.65. The Labute approximate surface area is 141 Å². The summed E-state index contributed by atoms with van der Waals surface area (Å²) in [5.74, 6) is -5.10. The first kappa shape index (κ1) is 15.1. The van der Waals surface area contributed by atoms with E-state index in [2.05, 4.69) is 0 Å². The summed E-state index contributed by atoms with van der Waals surface area (Å²) < 4.78 is 10.9. The Morgan fingerprint density at radius 2 is 1.60 bits per heavy atom. The third kappa shape index (κ3) is 0.952. The van der Waals surface area contributed by atoms with Crippen LogP contribution < -0.4 is 0 Å². The molecule has 0 aromatic heterocycles. The third-order valence-electron chi connectivity index (χ3n) is 7.54. The van der Waals surface area contributed by atoms with Gasteiger partial charge in [0.25, 0.3) is 0 Å². The first-order valence-electron chi connectivity index (χ1n) is 8.03. The van der Waals surface area contributed by atoms with Crippen molar-refractivity contribution < 1.29 is 39.2 Å². The number of carbonyl (C=O) groups excluding carboxylic acids is 3. The second-order valence-electron chi connectivity index (χ2n) is 7.69. The van der Waals surface area contributed by atoms with Crippen molar-refractivity contribution in [3.8, 4) is 0 Å². The Morgan fingerprint density at radius 3 is 2.28 bits per heavy atom. The van der Waals surface area contributed by atoms with E-state index in [0.717, 1.165) is 0 Å². The van der Waals surface area contributed by atoms with E-state index in [1.165, 1.54) is 13.8 Å². The molecule has 132 valence electrons. The summed E-state index contributed by atoms with van der Waals surface area (Å²) >= 11 is 0. The van der Waals surface area contributed by atoms with Gasteiger partial charge >= 0.3 is 5.97 Å². The zero-order valence-electron chi connectivity index (χ0n) is 13.6. The van der Waals surface area contributed by atoms with E-state index in [-0.39, 0.29) is 31.0 Å². The van der Waals surface area contributed by atoms with Crippen LogP contribution in [-0.4, -0.2) is 58.3 Å². The lowest BCUT2D eigenvalue weighted by Gasteiger charge is -2.48. The zero-order chi connectivity index (χ0) is 18.2. The van der Waals surface area contributed by atoms with Crippen LogP contribution in [0.3, 0.4) is 0 Å². The molecule has 3 spiro atoms. The van der Waals surface area contributed by atoms with Crippen LogP contribution in [0.1, 0.15) is 13.8 Å². The predicted octanol–water partition coefficient (Wildman–Crippen LogP) is -0.277. The Bertz CT molecular complexity index is 883. The first-order valence-corrected chi connectivity index (χ1v) is 8.03. The molecule has 5 rings (SSSR count). The summed E-state index contributed by atoms with van der Waals surface area (Å²) in [6.45, 7) is 2.21. The van der Waals surface area contributed by atoms with Crippen molar-refractivity contribution in [1.29, 1.82) is 0 Å². The van der Waals surface area contributed by atoms with Gasteiger partial charge in [-0.05, 0) is 25.0 Å². The van der Waals surface area contributed by atoms with Gasteiger partial charge in [0.1, 0.15) is 12.0 Å². The number of hydrogen-bond donors (Lipinski definition) is 3. The second kappa shape index (κ2) is 3.66. The highest BCUT2D eigenvalue weighted by molar-refractivity contribution is 6.15. The molecule has 3 fully saturated rings. The highest BCUT2D eigenvalue weighted by Gasteiger charge is 2.95. The molecule has 4 bridgehead atoms. The number of hydrogen-bond acceptors (Lipinski definition) is 8. The van der Waals surface area contributed by atoms with E-state index in [1.54, 1.807) is 0 Å². The van der Waals surface area contributed by atoms with Crippen LogP contribution in [0.4, 0.5) is 0 Å². The van der Waals surface area contributed by atoms with Gasteiger partial charge in [0.2, 0.25) is 11.6 Å². The van der Waals surface area contributed by atoms with Crippen molar-refractivity contribution in [2.45, 2.75) is 19.4 Å². The molecule has 3 N–H and O–H groups in total. The molecule has 0 aromatic carbocycles. The minimum Gasteiger partial charge on any atom is -0.504 e. The van der Waals surface area contributed by atoms with Gasteiger partial charge in [-0.15, -0.1) is 0 Å². The first-order chi connectivity index (χ1) is 11.7. The third-order valence-corrected chi connectivity index (χ3v) is 7.54. The van der Waals surface area contributed by atoms with Crippen molar-refractivity contribution >= 4 is 17.5 Å². The van der Waals surface area contributed by atoms with Crippen LogP contribution in [0.15, 0.2) is 22.7 Å². The summed E-state index contributed by atoms with van der Waals surface area (Å²) in [5, 5.41) is 32.5. The lowest BCUT2D eigenvalue weighted by atomic mass is 9.54. The minimum absolute atomic E-state index is 0.0327. The van der Waals surface area contributed by atoms with E-state index >= 15 is 0 Å². The smallest absolute Gasteiger partial charge is 0.316 e. The molecule has 0 amide bonds. The van der Waals surface area contributed by atoms with Crippen molar-refractivity contribution in [3.63, 3.8) is 0 Å². The lowest BCUT2D eigenvalue weighted by molar-refractivity contribution is -0.173. The van der Waals surface area contributed by atoms with Crippen molar-refractivity contribution in [3.05, 3.63) is 22.7 Å². The standard InChI is InChI=1S/C17H16O8/c1-6-9(19)12(21)17(23)11-10(20)8(18)7(2)15(17)4-24-5-16(15)13(22)25-3-14(6,11)16/h11,18-19,23H,3-5H2,1-2H3/t11-,14-,15+,16+,17-/m0/s1. The van der Waals surface area contributed by atoms with Crippen LogP contribution >= 0.6 is 0 Å². The van der Waals surface area contributed by atoms with Crippen LogP contribution in [0, 0.1) is 22.2 Å². The van der Waals surface area contributed by atoms with E-state index in [0.29, 0.717) is 0 Å². The molecule has 8 heteroatoms. The number of ketones is 2. The fourth-order valence-corrected chi connectivity index (χ4v) is 6.51. The number of allylic oxidation sites excluding steroid dienone is 1. The molecular weight excluding hydrogens is 332 g/mol. The van der Waals surface area contributed by atoms with Gasteiger partial charge in [0, 0.05) is 0 Å². The fourth-order valence-electron chi connectivity index (χ4n) is 6.51. The number of Topliss-reactive ketones (excluding diaryl/α,β-unsaturated/α-hetero) is 2. The maximum Gasteiger partial charge on any atom is 0.316 e. The Morgan fingerprint density at radius 1 is 0.960 bits per heavy atom. The highest BCUT2D eigenvalue weighted by atomic mass is 16.6. The van der Waals surface area contributed by atoms with Gasteiger partial charge in [-0.2, -0.15) is 0 Å². The molecule has 3 aliphatic carbocycles. The van der Waals surface area contributed by atoms with Crippen molar-refractivity contribution in [2.75, 3.05) is 19.8 Å². The topological polar surface area (TPSA) is 130 Å². The number of cyclic esters (lactones) is 1. The van der Waals surface area contributed by atoms with Crippen LogP contribution in [-0.2, 0) is 23.9 Å². The quantitative estimate of drug-likeness (QED) is 0.510. The van der Waals surface area contributed by atoms with Gasteiger partial charge in [0.05, 0.1) is 30.0 Å². The maximum atomic E-state index is 13.0. The molecule has 8 nitrogen and oxygen atoms in total. The summed E-state index contributed by atoms with van der Waals surface area (Å²) in [5.41, 5.74) is -6.84. The van der Waals surface area contributed by atoms with E-state index < -0.39 is 56.8 Å². The highest BCUT2D eigenvalue weighted by Crippen LogP contribution is 2.82. The zero-order valence-corrected chi connectivity index (χ0v) is 13.6. The van der Waals surface area contributed by atoms with Gasteiger partial charge < -0.3 is 24.8 Å². The number of rotatable bonds is 0. The summed E-state index contributed by atoms with van der Waals surface area (Å²) in [7, 11) is 0. The number of esters is 1. The molecule has 5 aliphatic rings. The molecule has 2 saturated heterocycles. The molecule has 0 radical (unpaired) electrons. The predicted molar refractivity (Wildman–Crippen MR) is 78.2 cm³/mol. The Kier molecular flexibility index (Phi) is 2.21. The molecule has 25 heavy (non-hydrogen) atoms. The number of aliphatic hydroxyl groups is 3. The molecule has 0 unspecified atom stereocenters. The average molecular weight is 348 g/mol. The number of aliphatic hydroxyl groups excluding tert-OH is 2. The number of ether oxygens (including phenoxy) is 2. The van der Waals surface area contributed by atoms with Crippen LogP contribution in [0.5, 0.6) is 0 Å². The van der Waals surface area contributed by atoms with E-state index in [4.69, 9.17) is 9.47 Å². The Hall–Kier alpha value is -2.19. The normalized spacial score (nSPS) is 50.4. The summed E-state index contributed by atoms with van der Waals surface area (Å²) in [4.78, 5) is 38.9. The van der Waals surface area contributed by atoms with Gasteiger partial charge in [-0.1, -0.05) is 0 Å². The van der Waals surface area contributed by atoms with E-state index in [9.17, 15) is 29.7 Å². The SMILES string of the molecule is CC1=C(O)C(=O)[C@@H]2[C@]3(O)C(=O)C(O)=C(C)[C@@]24COC(=O)[C@]42COC[C@@]123. The van der Waals surface area contributed by atoms with Crippen molar-refractivity contribution in [1.82, 2.24) is 0 Å². The molecule has 2 aliphatic heterocycles. The van der Waals surface area contributed by atoms with Crippen molar-refractivity contribution in [2.24, 2.45) is 22.2 Å². The maximum absolute atomic E-state index is 13.0. The van der Waals surface area contributed by atoms with Gasteiger partial charge in [-0.25, -0.2) is 0 Å². The largest absolute Gasteiger partial charge is 0.504 e. The summed E-state index contributed by atoms with van der Waals surface area (Å²) in [6, 6.07) is 0. The van der Waals surface area contributed by atoms with Crippen LogP contribution in [0.25, 0.3) is 0 Å². The second-order valence-corrected chi connectivity index (χ2v) is 7.69.